The Labute approximate surface area is 163 Å². The van der Waals surface area contributed by atoms with E-state index in [2.05, 4.69) is 31.1 Å². The Hall–Kier alpha value is -1.87. The van der Waals surface area contributed by atoms with Crippen LogP contribution in [0, 0.1) is 0 Å². The highest BCUT2D eigenvalue weighted by Crippen LogP contribution is 2.32. The fourth-order valence-corrected chi connectivity index (χ4v) is 4.46. The highest BCUT2D eigenvalue weighted by molar-refractivity contribution is 9.10. The second kappa shape index (κ2) is 7.40. The monoisotopic (exact) mass is 434 g/mol. The van der Waals surface area contributed by atoms with E-state index in [0.29, 0.717) is 28.2 Å². The first kappa shape index (κ1) is 17.5. The molecule has 0 unspecified atom stereocenters. The van der Waals surface area contributed by atoms with Gasteiger partial charge in [0.25, 0.3) is 5.56 Å². The van der Waals surface area contributed by atoms with E-state index in [-0.39, 0.29) is 5.56 Å². The third-order valence-corrected chi connectivity index (χ3v) is 6.13. The molecule has 0 atom stereocenters. The Morgan fingerprint density at radius 1 is 1.23 bits per heavy atom. The van der Waals surface area contributed by atoms with E-state index < -0.39 is 0 Å². The lowest BCUT2D eigenvalue weighted by Gasteiger charge is -2.20. The number of halogens is 1. The van der Waals surface area contributed by atoms with Gasteiger partial charge in [-0.25, -0.2) is 9.66 Å². The van der Waals surface area contributed by atoms with Crippen LogP contribution in [0.4, 0.5) is 0 Å². The molecule has 4 rings (SSSR count). The molecule has 1 saturated carbocycles. The first-order chi connectivity index (χ1) is 12.6. The summed E-state index contributed by atoms with van der Waals surface area (Å²) >= 11 is 4.82. The standard InChI is InChI=1S/C17H19BrN6OS/c18-12-6-7-14-20-13(8-15(25)23(14)9-12)10-26-17-22-21-16(24(17)19)11-4-2-1-3-5-11/h6-9,11H,1-5,10,19H2. The number of thioether (sulfide) groups is 1. The van der Waals surface area contributed by atoms with Gasteiger partial charge in [0.2, 0.25) is 5.16 Å². The van der Waals surface area contributed by atoms with Crippen molar-refractivity contribution in [3.8, 4) is 0 Å². The number of fused-ring (bicyclic) bond motifs is 1. The zero-order chi connectivity index (χ0) is 18.1. The van der Waals surface area contributed by atoms with E-state index in [0.717, 1.165) is 23.1 Å². The van der Waals surface area contributed by atoms with Crippen molar-refractivity contribution in [3.63, 3.8) is 0 Å². The molecule has 0 amide bonds. The topological polar surface area (TPSA) is 91.1 Å². The normalized spacial score (nSPS) is 15.6. The van der Waals surface area contributed by atoms with Crippen LogP contribution in [0.2, 0.25) is 0 Å². The van der Waals surface area contributed by atoms with E-state index in [9.17, 15) is 4.79 Å². The van der Waals surface area contributed by atoms with Crippen LogP contribution in [0.15, 0.2) is 38.8 Å². The minimum Gasteiger partial charge on any atom is -0.336 e. The summed E-state index contributed by atoms with van der Waals surface area (Å²) < 4.78 is 3.96. The summed E-state index contributed by atoms with van der Waals surface area (Å²) in [7, 11) is 0. The van der Waals surface area contributed by atoms with Crippen LogP contribution in [0.3, 0.4) is 0 Å². The molecular formula is C17H19BrN6OS. The Bertz CT molecular complexity index is 995. The average molecular weight is 435 g/mol. The lowest BCUT2D eigenvalue weighted by molar-refractivity contribution is 0.421. The van der Waals surface area contributed by atoms with E-state index in [1.165, 1.54) is 35.4 Å². The highest BCUT2D eigenvalue weighted by Gasteiger charge is 2.22. The van der Waals surface area contributed by atoms with Crippen molar-refractivity contribution >= 4 is 33.3 Å². The number of nitrogens with two attached hydrogens (primary N) is 1. The lowest BCUT2D eigenvalue weighted by atomic mass is 9.89. The van der Waals surface area contributed by atoms with E-state index >= 15 is 0 Å². The van der Waals surface area contributed by atoms with Crippen molar-refractivity contribution in [2.45, 2.75) is 48.9 Å². The number of rotatable bonds is 4. The molecule has 3 aromatic heterocycles. The van der Waals surface area contributed by atoms with E-state index in [1.54, 1.807) is 16.9 Å². The molecule has 136 valence electrons. The maximum Gasteiger partial charge on any atom is 0.258 e. The predicted octanol–water partition coefficient (Wildman–Crippen LogP) is 3.10. The van der Waals surface area contributed by atoms with Crippen molar-refractivity contribution in [1.29, 1.82) is 0 Å². The summed E-state index contributed by atoms with van der Waals surface area (Å²) in [5.74, 6) is 8.00. The molecule has 0 saturated heterocycles. The van der Waals surface area contributed by atoms with Gasteiger partial charge in [0.15, 0.2) is 5.82 Å². The molecule has 0 bridgehead atoms. The summed E-state index contributed by atoms with van der Waals surface area (Å²) in [6.07, 6.45) is 7.70. The van der Waals surface area contributed by atoms with Crippen molar-refractivity contribution in [1.82, 2.24) is 24.3 Å². The van der Waals surface area contributed by atoms with Crippen molar-refractivity contribution in [2.75, 3.05) is 5.84 Å². The van der Waals surface area contributed by atoms with Crippen molar-refractivity contribution in [2.24, 2.45) is 0 Å². The summed E-state index contributed by atoms with van der Waals surface area (Å²) in [6, 6.07) is 5.23. The van der Waals surface area contributed by atoms with Crippen LogP contribution in [-0.2, 0) is 5.75 Å². The van der Waals surface area contributed by atoms with Gasteiger partial charge in [0.1, 0.15) is 5.65 Å². The van der Waals surface area contributed by atoms with E-state index in [4.69, 9.17) is 5.84 Å². The first-order valence-electron chi connectivity index (χ1n) is 8.63. The SMILES string of the molecule is Nn1c(SCc2cc(=O)n3cc(Br)ccc3n2)nnc1C1CCCCC1. The number of pyridine rings is 1. The Morgan fingerprint density at radius 2 is 2.04 bits per heavy atom. The first-order valence-corrected chi connectivity index (χ1v) is 10.4. The molecule has 1 aliphatic carbocycles. The zero-order valence-electron chi connectivity index (χ0n) is 14.1. The Balaban J connectivity index is 1.52. The molecule has 7 nitrogen and oxygen atoms in total. The molecule has 0 spiro atoms. The van der Waals surface area contributed by atoms with Crippen molar-refractivity contribution in [3.05, 3.63) is 50.7 Å². The smallest absolute Gasteiger partial charge is 0.258 e. The van der Waals surface area contributed by atoms with Crippen LogP contribution in [-0.4, -0.2) is 24.3 Å². The van der Waals surface area contributed by atoms with Gasteiger partial charge in [-0.3, -0.25) is 9.20 Å². The molecule has 2 N–H and O–H groups in total. The van der Waals surface area contributed by atoms with Crippen LogP contribution < -0.4 is 11.4 Å². The number of nitrogens with zero attached hydrogens (tertiary/aromatic N) is 5. The Morgan fingerprint density at radius 3 is 2.85 bits per heavy atom. The molecule has 0 aromatic carbocycles. The maximum absolute atomic E-state index is 12.3. The fraction of sp³-hybridized carbons (Fsp3) is 0.412. The average Bonchev–Trinajstić information content (AvgIpc) is 3.02. The van der Waals surface area contributed by atoms with Crippen molar-refractivity contribution < 1.29 is 0 Å². The second-order valence-corrected chi connectivity index (χ2v) is 8.35. The fourth-order valence-electron chi connectivity index (χ4n) is 3.36. The van der Waals surface area contributed by atoms with Crippen LogP contribution >= 0.6 is 27.7 Å². The summed E-state index contributed by atoms with van der Waals surface area (Å²) in [6.45, 7) is 0. The van der Waals surface area contributed by atoms with Gasteiger partial charge in [0, 0.05) is 28.4 Å². The molecule has 9 heteroatoms. The molecule has 3 heterocycles. The molecule has 1 fully saturated rings. The second-order valence-electron chi connectivity index (χ2n) is 6.50. The van der Waals surface area contributed by atoms with Crippen LogP contribution in [0.5, 0.6) is 0 Å². The number of aromatic nitrogens is 5. The molecule has 0 aliphatic heterocycles. The minimum atomic E-state index is -0.107. The minimum absolute atomic E-state index is 0.107. The lowest BCUT2D eigenvalue weighted by Crippen LogP contribution is -2.18. The van der Waals surface area contributed by atoms with Crippen LogP contribution in [0.1, 0.15) is 49.5 Å². The predicted molar refractivity (Wildman–Crippen MR) is 105 cm³/mol. The van der Waals surface area contributed by atoms with Gasteiger partial charge in [0.05, 0.1) is 5.69 Å². The van der Waals surface area contributed by atoms with Gasteiger partial charge in [-0.1, -0.05) is 31.0 Å². The molecular weight excluding hydrogens is 416 g/mol. The summed E-state index contributed by atoms with van der Waals surface area (Å²) in [5, 5.41) is 9.20. The molecule has 3 aromatic rings. The van der Waals surface area contributed by atoms with Gasteiger partial charge in [-0.15, -0.1) is 10.2 Å². The van der Waals surface area contributed by atoms with Gasteiger partial charge in [-0.05, 0) is 40.9 Å². The molecule has 1 aliphatic rings. The summed E-state index contributed by atoms with van der Waals surface area (Å²) in [4.78, 5) is 16.8. The molecule has 0 radical (unpaired) electrons. The van der Waals surface area contributed by atoms with Gasteiger partial charge >= 0.3 is 0 Å². The third-order valence-electron chi connectivity index (χ3n) is 4.69. The highest BCUT2D eigenvalue weighted by atomic mass is 79.9. The maximum atomic E-state index is 12.3. The zero-order valence-corrected chi connectivity index (χ0v) is 16.5. The third kappa shape index (κ3) is 3.50. The number of hydrogen-bond acceptors (Lipinski definition) is 6. The molecule has 26 heavy (non-hydrogen) atoms. The quantitative estimate of drug-likeness (QED) is 0.500. The summed E-state index contributed by atoms with van der Waals surface area (Å²) in [5.41, 5.74) is 1.21. The number of nitrogen functional groups attached to an aromatic ring is 1. The van der Waals surface area contributed by atoms with Gasteiger partial charge < -0.3 is 5.84 Å². The van der Waals surface area contributed by atoms with Gasteiger partial charge in [-0.2, -0.15) is 0 Å². The number of hydrogen-bond donors (Lipinski definition) is 1. The van der Waals surface area contributed by atoms with Crippen LogP contribution in [0.25, 0.3) is 5.65 Å². The largest absolute Gasteiger partial charge is 0.336 e. The van der Waals surface area contributed by atoms with E-state index in [1.807, 2.05) is 12.1 Å². The Kier molecular flexibility index (Phi) is 4.99.